The van der Waals surface area contributed by atoms with Crippen molar-refractivity contribution in [3.05, 3.63) is 16.1 Å². The van der Waals surface area contributed by atoms with E-state index < -0.39 is 0 Å². The number of likely N-dealkylation sites (tertiary alicyclic amines) is 1. The largest absolute Gasteiger partial charge is 0.378 e. The fourth-order valence-electron chi connectivity index (χ4n) is 2.03. The molecule has 0 saturated carbocycles. The first-order valence-electron chi connectivity index (χ1n) is 5.99. The smallest absolute Gasteiger partial charge is 0.228 e. The summed E-state index contributed by atoms with van der Waals surface area (Å²) in [5.74, 6) is 0.207. The van der Waals surface area contributed by atoms with Gasteiger partial charge in [0.25, 0.3) is 0 Å². The van der Waals surface area contributed by atoms with Crippen LogP contribution in [0.3, 0.4) is 0 Å². The van der Waals surface area contributed by atoms with E-state index in [4.69, 9.17) is 4.74 Å². The van der Waals surface area contributed by atoms with E-state index in [1.165, 1.54) is 6.42 Å². The van der Waals surface area contributed by atoms with Gasteiger partial charge in [0.1, 0.15) is 5.01 Å². The topological polar surface area (TPSA) is 42.4 Å². The summed E-state index contributed by atoms with van der Waals surface area (Å²) in [5, 5.41) is 2.89. The molecule has 1 saturated heterocycles. The first kappa shape index (κ1) is 12.5. The van der Waals surface area contributed by atoms with Crippen LogP contribution >= 0.6 is 11.3 Å². The van der Waals surface area contributed by atoms with Crippen LogP contribution in [0, 0.1) is 0 Å². The summed E-state index contributed by atoms with van der Waals surface area (Å²) in [4.78, 5) is 18.3. The molecule has 1 fully saturated rings. The van der Waals surface area contributed by atoms with Gasteiger partial charge in [0.2, 0.25) is 5.91 Å². The lowest BCUT2D eigenvalue weighted by Crippen LogP contribution is -2.36. The second-order valence-electron chi connectivity index (χ2n) is 4.28. The average molecular weight is 254 g/mol. The summed E-state index contributed by atoms with van der Waals surface area (Å²) >= 11 is 1.56. The summed E-state index contributed by atoms with van der Waals surface area (Å²) in [6.45, 7) is 2.35. The first-order valence-corrected chi connectivity index (χ1v) is 6.87. The molecule has 2 heterocycles. The zero-order valence-corrected chi connectivity index (χ0v) is 11.0. The summed E-state index contributed by atoms with van der Waals surface area (Å²) in [6, 6.07) is 0. The van der Waals surface area contributed by atoms with Crippen molar-refractivity contribution in [1.82, 2.24) is 9.88 Å². The molecule has 1 aromatic rings. The lowest BCUT2D eigenvalue weighted by atomic mass is 10.1. The number of rotatable bonds is 4. The van der Waals surface area contributed by atoms with E-state index in [9.17, 15) is 4.79 Å². The minimum Gasteiger partial charge on any atom is -0.378 e. The van der Waals surface area contributed by atoms with Crippen LogP contribution in [0.1, 0.15) is 30.0 Å². The standard InChI is InChI=1S/C12H18N2O2S/c1-16-8-11-13-10(9-17-11)7-12(15)14-5-3-2-4-6-14/h9H,2-8H2,1H3. The second kappa shape index (κ2) is 6.12. The van der Waals surface area contributed by atoms with Crippen LogP contribution in [0.15, 0.2) is 5.38 Å². The van der Waals surface area contributed by atoms with Gasteiger partial charge in [0, 0.05) is 25.6 Å². The molecule has 0 radical (unpaired) electrons. The van der Waals surface area contributed by atoms with Crippen molar-refractivity contribution in [3.63, 3.8) is 0 Å². The Hall–Kier alpha value is -0.940. The second-order valence-corrected chi connectivity index (χ2v) is 5.23. The fourth-order valence-corrected chi connectivity index (χ4v) is 2.79. The Kier molecular flexibility index (Phi) is 4.50. The minimum absolute atomic E-state index is 0.207. The lowest BCUT2D eigenvalue weighted by molar-refractivity contribution is -0.131. The van der Waals surface area contributed by atoms with E-state index in [1.54, 1.807) is 18.4 Å². The van der Waals surface area contributed by atoms with Crippen molar-refractivity contribution in [2.45, 2.75) is 32.3 Å². The maximum atomic E-state index is 12.0. The quantitative estimate of drug-likeness (QED) is 0.823. The normalized spacial score (nSPS) is 16.2. The van der Waals surface area contributed by atoms with Crippen molar-refractivity contribution in [1.29, 1.82) is 0 Å². The molecule has 1 amide bonds. The number of ether oxygens (including phenoxy) is 1. The molecular formula is C12H18N2O2S. The van der Waals surface area contributed by atoms with Crippen LogP contribution in [0.25, 0.3) is 0 Å². The molecule has 1 aromatic heterocycles. The fraction of sp³-hybridized carbons (Fsp3) is 0.667. The molecule has 94 valence electrons. The highest BCUT2D eigenvalue weighted by molar-refractivity contribution is 7.09. The molecule has 1 aliphatic rings. The van der Waals surface area contributed by atoms with E-state index in [-0.39, 0.29) is 5.91 Å². The Morgan fingerprint density at radius 2 is 2.24 bits per heavy atom. The van der Waals surface area contributed by atoms with Crippen molar-refractivity contribution in [2.24, 2.45) is 0 Å². The van der Waals surface area contributed by atoms with Crippen molar-refractivity contribution in [2.75, 3.05) is 20.2 Å². The molecule has 17 heavy (non-hydrogen) atoms. The van der Waals surface area contributed by atoms with Gasteiger partial charge in [-0.15, -0.1) is 11.3 Å². The number of thiazole rings is 1. The number of methoxy groups -OCH3 is 1. The lowest BCUT2D eigenvalue weighted by Gasteiger charge is -2.26. The van der Waals surface area contributed by atoms with Crippen LogP contribution in [-0.4, -0.2) is 36.0 Å². The van der Waals surface area contributed by atoms with Crippen LogP contribution in [0.2, 0.25) is 0 Å². The average Bonchev–Trinajstić information content (AvgIpc) is 2.78. The Balaban J connectivity index is 1.88. The highest BCUT2D eigenvalue weighted by atomic mass is 32.1. The van der Waals surface area contributed by atoms with E-state index >= 15 is 0 Å². The zero-order valence-electron chi connectivity index (χ0n) is 10.1. The van der Waals surface area contributed by atoms with Crippen molar-refractivity contribution >= 4 is 17.2 Å². The molecule has 0 aliphatic carbocycles. The molecule has 0 aromatic carbocycles. The van der Waals surface area contributed by atoms with Gasteiger partial charge < -0.3 is 9.64 Å². The van der Waals surface area contributed by atoms with Gasteiger partial charge in [-0.25, -0.2) is 4.98 Å². The van der Waals surface area contributed by atoms with Gasteiger partial charge in [-0.3, -0.25) is 4.79 Å². The molecule has 1 aliphatic heterocycles. The Labute approximate surface area is 106 Å². The highest BCUT2D eigenvalue weighted by Gasteiger charge is 2.17. The number of aromatic nitrogens is 1. The van der Waals surface area contributed by atoms with Gasteiger partial charge in [-0.2, -0.15) is 0 Å². The third-order valence-corrected chi connectivity index (χ3v) is 3.78. The number of piperidine rings is 1. The van der Waals surface area contributed by atoms with Gasteiger partial charge >= 0.3 is 0 Å². The number of nitrogens with zero attached hydrogens (tertiary/aromatic N) is 2. The first-order chi connectivity index (χ1) is 8.29. The van der Waals surface area contributed by atoms with Gasteiger partial charge in [0.15, 0.2) is 0 Å². The third-order valence-electron chi connectivity index (χ3n) is 2.91. The number of carbonyl (C=O) groups is 1. The summed E-state index contributed by atoms with van der Waals surface area (Å²) < 4.78 is 5.02. The minimum atomic E-state index is 0.207. The maximum absolute atomic E-state index is 12.0. The van der Waals surface area contributed by atoms with Crippen LogP contribution in [0.5, 0.6) is 0 Å². The summed E-state index contributed by atoms with van der Waals surface area (Å²) in [5.41, 5.74) is 0.873. The molecule has 0 N–H and O–H groups in total. The number of hydrogen-bond acceptors (Lipinski definition) is 4. The van der Waals surface area contributed by atoms with Crippen LogP contribution in [-0.2, 0) is 22.6 Å². The third kappa shape index (κ3) is 3.51. The van der Waals surface area contributed by atoms with E-state index in [0.717, 1.165) is 36.6 Å². The molecule has 0 spiro atoms. The van der Waals surface area contributed by atoms with E-state index in [0.29, 0.717) is 13.0 Å². The van der Waals surface area contributed by atoms with E-state index in [1.807, 2.05) is 10.3 Å². The predicted molar refractivity (Wildman–Crippen MR) is 67.0 cm³/mol. The SMILES string of the molecule is COCc1nc(CC(=O)N2CCCCC2)cs1. The molecule has 4 nitrogen and oxygen atoms in total. The summed E-state index contributed by atoms with van der Waals surface area (Å²) in [6.07, 6.45) is 3.95. The molecule has 0 unspecified atom stereocenters. The van der Waals surface area contributed by atoms with Crippen LogP contribution < -0.4 is 0 Å². The molecule has 2 rings (SSSR count). The van der Waals surface area contributed by atoms with Crippen LogP contribution in [0.4, 0.5) is 0 Å². The number of carbonyl (C=O) groups excluding carboxylic acids is 1. The zero-order chi connectivity index (χ0) is 12.1. The van der Waals surface area contributed by atoms with Gasteiger partial charge in [-0.1, -0.05) is 0 Å². The van der Waals surface area contributed by atoms with E-state index in [2.05, 4.69) is 4.98 Å². The molecule has 5 heteroatoms. The van der Waals surface area contributed by atoms with Crippen molar-refractivity contribution < 1.29 is 9.53 Å². The number of amides is 1. The number of hydrogen-bond donors (Lipinski definition) is 0. The summed E-state index contributed by atoms with van der Waals surface area (Å²) in [7, 11) is 1.65. The Morgan fingerprint density at radius 1 is 1.47 bits per heavy atom. The van der Waals surface area contributed by atoms with Gasteiger partial charge in [0.05, 0.1) is 18.7 Å². The monoisotopic (exact) mass is 254 g/mol. The molecule has 0 bridgehead atoms. The van der Waals surface area contributed by atoms with Gasteiger partial charge in [-0.05, 0) is 19.3 Å². The Morgan fingerprint density at radius 3 is 2.94 bits per heavy atom. The molecule has 0 atom stereocenters. The maximum Gasteiger partial charge on any atom is 0.228 e. The Bertz CT molecular complexity index is 372. The van der Waals surface area contributed by atoms with Crippen molar-refractivity contribution in [3.8, 4) is 0 Å². The highest BCUT2D eigenvalue weighted by Crippen LogP contribution is 2.14. The molecular weight excluding hydrogens is 236 g/mol. The predicted octanol–water partition coefficient (Wildman–Crippen LogP) is 1.84.